The van der Waals surface area contributed by atoms with Crippen LogP contribution in [0.25, 0.3) is 10.8 Å². The Kier molecular flexibility index (Phi) is 4.43. The van der Waals surface area contributed by atoms with E-state index in [1.54, 1.807) is 0 Å². The lowest BCUT2D eigenvalue weighted by molar-refractivity contribution is -0.00586. The van der Waals surface area contributed by atoms with Gasteiger partial charge in [0.25, 0.3) is 0 Å². The number of esters is 1. The molecule has 1 aliphatic rings. The second kappa shape index (κ2) is 6.35. The lowest BCUT2D eigenvalue weighted by Gasteiger charge is -2.24. The molecule has 0 radical (unpaired) electrons. The molecule has 0 saturated heterocycles. The number of rotatable bonds is 4. The molecule has 0 N–H and O–H groups in total. The average molecular weight is 310 g/mol. The Hall–Kier alpha value is -1.83. The van der Waals surface area contributed by atoms with Gasteiger partial charge in [-0.15, -0.1) is 0 Å². The zero-order valence-corrected chi connectivity index (χ0v) is 14.4. The molecule has 0 bridgehead atoms. The summed E-state index contributed by atoms with van der Waals surface area (Å²) in [4.78, 5) is 12.7. The highest BCUT2D eigenvalue weighted by Crippen LogP contribution is 2.35. The molecule has 0 aliphatic heterocycles. The summed E-state index contributed by atoms with van der Waals surface area (Å²) in [6, 6.07) is 12.2. The van der Waals surface area contributed by atoms with Gasteiger partial charge in [0.2, 0.25) is 0 Å². The van der Waals surface area contributed by atoms with Gasteiger partial charge in [0.1, 0.15) is 5.60 Å². The summed E-state index contributed by atoms with van der Waals surface area (Å²) in [6.45, 7) is 6.50. The Labute approximate surface area is 138 Å². The maximum absolute atomic E-state index is 12.7. The molecule has 0 amide bonds. The van der Waals surface area contributed by atoms with Gasteiger partial charge in [-0.3, -0.25) is 0 Å². The van der Waals surface area contributed by atoms with E-state index in [9.17, 15) is 4.79 Å². The quantitative estimate of drug-likeness (QED) is 0.663. The Morgan fingerprint density at radius 1 is 1.13 bits per heavy atom. The molecule has 1 aliphatic carbocycles. The number of benzene rings is 2. The average Bonchev–Trinajstić information content (AvgIpc) is 2.99. The van der Waals surface area contributed by atoms with Crippen molar-refractivity contribution in [1.82, 2.24) is 0 Å². The fourth-order valence-electron chi connectivity index (χ4n) is 3.67. The molecule has 122 valence electrons. The molecule has 1 unspecified atom stereocenters. The fraction of sp³-hybridized carbons (Fsp3) is 0.476. The molecule has 1 fully saturated rings. The predicted octanol–water partition coefficient (Wildman–Crippen LogP) is 5.84. The topological polar surface area (TPSA) is 26.3 Å². The highest BCUT2D eigenvalue weighted by atomic mass is 16.6. The van der Waals surface area contributed by atoms with E-state index >= 15 is 0 Å². The smallest absolute Gasteiger partial charge is 0.339 e. The lowest BCUT2D eigenvalue weighted by Crippen LogP contribution is -2.28. The molecular weight excluding hydrogens is 284 g/mol. The van der Waals surface area contributed by atoms with Gasteiger partial charge in [0.15, 0.2) is 0 Å². The van der Waals surface area contributed by atoms with Gasteiger partial charge in [-0.2, -0.15) is 0 Å². The SMILES string of the molecule is CCC(C)c1cccc2c(C(=O)OC3(C)CCCC3)cccc12. The van der Waals surface area contributed by atoms with Gasteiger partial charge in [-0.25, -0.2) is 4.79 Å². The highest BCUT2D eigenvalue weighted by Gasteiger charge is 2.33. The van der Waals surface area contributed by atoms with E-state index < -0.39 is 0 Å². The van der Waals surface area contributed by atoms with Crippen LogP contribution >= 0.6 is 0 Å². The third-order valence-corrected chi connectivity index (χ3v) is 5.32. The normalized spacial score (nSPS) is 18.0. The molecule has 1 saturated carbocycles. The predicted molar refractivity (Wildman–Crippen MR) is 94.9 cm³/mol. The number of hydrogen-bond acceptors (Lipinski definition) is 2. The van der Waals surface area contributed by atoms with Gasteiger partial charge in [0, 0.05) is 0 Å². The first-order valence-electron chi connectivity index (χ1n) is 8.79. The number of ether oxygens (including phenoxy) is 1. The molecule has 1 atom stereocenters. The van der Waals surface area contributed by atoms with Crippen molar-refractivity contribution in [3.63, 3.8) is 0 Å². The minimum Gasteiger partial charge on any atom is -0.456 e. The van der Waals surface area contributed by atoms with Gasteiger partial charge < -0.3 is 4.74 Å². The van der Waals surface area contributed by atoms with Gasteiger partial charge >= 0.3 is 5.97 Å². The monoisotopic (exact) mass is 310 g/mol. The second-order valence-corrected chi connectivity index (χ2v) is 7.10. The Morgan fingerprint density at radius 2 is 1.78 bits per heavy atom. The van der Waals surface area contributed by atoms with Crippen molar-refractivity contribution < 1.29 is 9.53 Å². The first-order chi connectivity index (χ1) is 11.0. The Morgan fingerprint density at radius 3 is 2.48 bits per heavy atom. The van der Waals surface area contributed by atoms with Crippen LogP contribution in [-0.2, 0) is 4.74 Å². The van der Waals surface area contributed by atoms with Crippen molar-refractivity contribution in [2.24, 2.45) is 0 Å². The molecule has 2 heteroatoms. The maximum atomic E-state index is 12.7. The second-order valence-electron chi connectivity index (χ2n) is 7.10. The van der Waals surface area contributed by atoms with Crippen LogP contribution in [0.1, 0.15) is 74.7 Å². The largest absolute Gasteiger partial charge is 0.456 e. The lowest BCUT2D eigenvalue weighted by atomic mass is 9.91. The molecule has 0 heterocycles. The van der Waals surface area contributed by atoms with Crippen LogP contribution in [0, 0.1) is 0 Å². The molecule has 2 aromatic carbocycles. The molecule has 2 aromatic rings. The molecule has 0 aromatic heterocycles. The zero-order valence-electron chi connectivity index (χ0n) is 14.4. The van der Waals surface area contributed by atoms with Gasteiger partial charge in [0.05, 0.1) is 5.56 Å². The van der Waals surface area contributed by atoms with Crippen LogP contribution < -0.4 is 0 Å². The summed E-state index contributed by atoms with van der Waals surface area (Å²) >= 11 is 0. The van der Waals surface area contributed by atoms with Gasteiger partial charge in [-0.05, 0) is 67.3 Å². The summed E-state index contributed by atoms with van der Waals surface area (Å²) in [5.74, 6) is 0.304. The third kappa shape index (κ3) is 3.12. The van der Waals surface area contributed by atoms with Crippen LogP contribution in [0.4, 0.5) is 0 Å². The maximum Gasteiger partial charge on any atom is 0.339 e. The fourth-order valence-corrected chi connectivity index (χ4v) is 3.67. The van der Waals surface area contributed by atoms with Crippen LogP contribution in [0.3, 0.4) is 0 Å². The molecule has 3 rings (SSSR count). The summed E-state index contributed by atoms with van der Waals surface area (Å²) < 4.78 is 5.88. The highest BCUT2D eigenvalue weighted by molar-refractivity contribution is 6.05. The number of fused-ring (bicyclic) bond motifs is 1. The van der Waals surface area contributed by atoms with E-state index in [-0.39, 0.29) is 11.6 Å². The van der Waals surface area contributed by atoms with E-state index in [4.69, 9.17) is 4.74 Å². The third-order valence-electron chi connectivity index (χ3n) is 5.32. The molecule has 0 spiro atoms. The van der Waals surface area contributed by atoms with E-state index in [0.717, 1.165) is 37.5 Å². The van der Waals surface area contributed by atoms with Crippen molar-refractivity contribution in [2.45, 2.75) is 64.4 Å². The summed E-state index contributed by atoms with van der Waals surface area (Å²) in [7, 11) is 0. The zero-order chi connectivity index (χ0) is 16.4. The number of hydrogen-bond donors (Lipinski definition) is 0. The van der Waals surface area contributed by atoms with Crippen LogP contribution in [0.2, 0.25) is 0 Å². The van der Waals surface area contributed by atoms with Gasteiger partial charge in [-0.1, -0.05) is 44.2 Å². The van der Waals surface area contributed by atoms with E-state index in [2.05, 4.69) is 39.0 Å². The van der Waals surface area contributed by atoms with Crippen LogP contribution in [0.5, 0.6) is 0 Å². The van der Waals surface area contributed by atoms with Crippen LogP contribution in [-0.4, -0.2) is 11.6 Å². The minimum absolute atomic E-state index is 0.179. The molecular formula is C21H26O2. The van der Waals surface area contributed by atoms with Crippen molar-refractivity contribution in [2.75, 3.05) is 0 Å². The van der Waals surface area contributed by atoms with E-state index in [0.29, 0.717) is 11.5 Å². The Bertz CT molecular complexity index is 711. The number of carbonyl (C=O) groups is 1. The minimum atomic E-state index is -0.284. The first kappa shape index (κ1) is 16.0. The summed E-state index contributed by atoms with van der Waals surface area (Å²) in [5, 5.41) is 2.18. The Balaban J connectivity index is 1.99. The van der Waals surface area contributed by atoms with Crippen molar-refractivity contribution >= 4 is 16.7 Å². The molecule has 23 heavy (non-hydrogen) atoms. The number of carbonyl (C=O) groups excluding carboxylic acids is 1. The van der Waals surface area contributed by atoms with Crippen molar-refractivity contribution in [3.8, 4) is 0 Å². The van der Waals surface area contributed by atoms with Crippen molar-refractivity contribution in [3.05, 3.63) is 47.5 Å². The first-order valence-corrected chi connectivity index (χ1v) is 8.79. The van der Waals surface area contributed by atoms with Crippen LogP contribution in [0.15, 0.2) is 36.4 Å². The standard InChI is InChI=1S/C21H26O2/c1-4-15(2)16-9-7-11-18-17(16)10-8-12-19(18)20(22)23-21(3)13-5-6-14-21/h7-12,15H,4-6,13-14H2,1-3H3. The van der Waals surface area contributed by atoms with E-state index in [1.165, 1.54) is 10.9 Å². The summed E-state index contributed by atoms with van der Waals surface area (Å²) in [5.41, 5.74) is 1.72. The van der Waals surface area contributed by atoms with Crippen molar-refractivity contribution in [1.29, 1.82) is 0 Å². The summed E-state index contributed by atoms with van der Waals surface area (Å²) in [6.07, 6.45) is 5.34. The van der Waals surface area contributed by atoms with E-state index in [1.807, 2.05) is 18.2 Å². The molecule has 2 nitrogen and oxygen atoms in total.